The van der Waals surface area contributed by atoms with Gasteiger partial charge >= 0.3 is 0 Å². The van der Waals surface area contributed by atoms with Gasteiger partial charge < -0.3 is 21.1 Å². The Morgan fingerprint density at radius 1 is 1.40 bits per heavy atom. The van der Waals surface area contributed by atoms with E-state index in [0.29, 0.717) is 12.5 Å². The minimum absolute atomic E-state index is 0.0415. The number of nitrogens with one attached hydrogen (secondary N) is 1. The highest BCUT2D eigenvalue weighted by atomic mass is 16.3. The number of amides is 2. The Hall–Kier alpha value is -2.24. The van der Waals surface area contributed by atoms with Crippen LogP contribution in [-0.2, 0) is 4.79 Å². The summed E-state index contributed by atoms with van der Waals surface area (Å²) in [4.78, 5) is 25.1. The van der Waals surface area contributed by atoms with Gasteiger partial charge in [0.25, 0.3) is 5.91 Å². The molecule has 0 saturated carbocycles. The first kappa shape index (κ1) is 15.8. The van der Waals surface area contributed by atoms with E-state index in [9.17, 15) is 14.7 Å². The molecular weight excluding hydrogens is 258 g/mol. The first-order valence-electron chi connectivity index (χ1n) is 6.42. The molecule has 0 saturated heterocycles. The molecule has 0 radical (unpaired) electrons. The molecule has 110 valence electrons. The van der Waals surface area contributed by atoms with Crippen molar-refractivity contribution in [1.82, 2.24) is 10.2 Å². The largest absolute Gasteiger partial charge is 0.508 e. The van der Waals surface area contributed by atoms with Crippen LogP contribution in [0.2, 0.25) is 0 Å². The van der Waals surface area contributed by atoms with Gasteiger partial charge in [-0.3, -0.25) is 9.59 Å². The zero-order chi connectivity index (χ0) is 15.3. The second-order valence-corrected chi connectivity index (χ2v) is 5.13. The third kappa shape index (κ3) is 4.46. The van der Waals surface area contributed by atoms with Crippen LogP contribution < -0.4 is 11.1 Å². The Bertz CT molecular complexity index is 500. The highest BCUT2D eigenvalue weighted by Crippen LogP contribution is 2.19. The summed E-state index contributed by atoms with van der Waals surface area (Å²) in [6.07, 6.45) is 0. The van der Waals surface area contributed by atoms with Crippen molar-refractivity contribution in [3.8, 4) is 5.75 Å². The van der Waals surface area contributed by atoms with E-state index >= 15 is 0 Å². The topological polar surface area (TPSA) is 95.7 Å². The minimum atomic E-state index is -0.405. The molecule has 0 aromatic heterocycles. The van der Waals surface area contributed by atoms with E-state index in [-0.39, 0.29) is 29.5 Å². The number of nitrogen functional groups attached to an aromatic ring is 1. The number of anilines is 1. The van der Waals surface area contributed by atoms with E-state index in [2.05, 4.69) is 5.32 Å². The van der Waals surface area contributed by atoms with Gasteiger partial charge in [-0.05, 0) is 24.1 Å². The molecule has 0 unspecified atom stereocenters. The van der Waals surface area contributed by atoms with Gasteiger partial charge in [0, 0.05) is 19.3 Å². The van der Waals surface area contributed by atoms with Crippen molar-refractivity contribution in [2.75, 3.05) is 25.9 Å². The fraction of sp³-hybridized carbons (Fsp3) is 0.429. The smallest absolute Gasteiger partial charge is 0.256 e. The van der Waals surface area contributed by atoms with Crippen molar-refractivity contribution in [3.05, 3.63) is 23.8 Å². The third-order valence-corrected chi connectivity index (χ3v) is 2.70. The van der Waals surface area contributed by atoms with Gasteiger partial charge in [-0.1, -0.05) is 13.8 Å². The number of nitrogens with zero attached hydrogens (tertiary/aromatic N) is 1. The van der Waals surface area contributed by atoms with Crippen molar-refractivity contribution in [3.63, 3.8) is 0 Å². The van der Waals surface area contributed by atoms with Gasteiger partial charge in [0.2, 0.25) is 5.91 Å². The summed E-state index contributed by atoms with van der Waals surface area (Å²) in [5.41, 5.74) is 6.15. The first-order chi connectivity index (χ1) is 9.31. The van der Waals surface area contributed by atoms with Crippen molar-refractivity contribution in [2.45, 2.75) is 13.8 Å². The normalized spacial score (nSPS) is 10.4. The predicted octanol–water partition coefficient (Wildman–Crippen LogP) is 0.819. The molecule has 1 rings (SSSR count). The molecule has 6 heteroatoms. The highest BCUT2D eigenvalue weighted by Gasteiger charge is 2.17. The Morgan fingerprint density at radius 2 is 2.05 bits per heavy atom. The molecule has 6 nitrogen and oxygen atoms in total. The quantitative estimate of drug-likeness (QED) is 0.549. The molecular formula is C14H21N3O3. The van der Waals surface area contributed by atoms with Crippen molar-refractivity contribution >= 4 is 17.5 Å². The molecule has 0 spiro atoms. The number of phenolic OH excluding ortho intramolecular Hbond substituents is 1. The second kappa shape index (κ2) is 6.79. The standard InChI is InChI=1S/C14H21N3O3/c1-9(2)7-16-13(19)8-17(3)14(20)11-6-10(18)4-5-12(11)15/h4-6,9,18H,7-8,15H2,1-3H3,(H,16,19). The van der Waals surface area contributed by atoms with Crippen molar-refractivity contribution in [2.24, 2.45) is 5.92 Å². The van der Waals surface area contributed by atoms with Crippen molar-refractivity contribution < 1.29 is 14.7 Å². The Kier molecular flexibility index (Phi) is 5.37. The SMILES string of the molecule is CC(C)CNC(=O)CN(C)C(=O)c1cc(O)ccc1N. The van der Waals surface area contributed by atoms with E-state index < -0.39 is 5.91 Å². The van der Waals surface area contributed by atoms with E-state index in [1.165, 1.54) is 30.1 Å². The number of nitrogens with two attached hydrogens (primary N) is 1. The average Bonchev–Trinajstić information content (AvgIpc) is 2.38. The van der Waals surface area contributed by atoms with E-state index in [1.54, 1.807) is 0 Å². The summed E-state index contributed by atoms with van der Waals surface area (Å²) in [5.74, 6) is -0.326. The van der Waals surface area contributed by atoms with Gasteiger partial charge in [0.1, 0.15) is 5.75 Å². The van der Waals surface area contributed by atoms with E-state index in [0.717, 1.165) is 0 Å². The summed E-state index contributed by atoms with van der Waals surface area (Å²) < 4.78 is 0. The van der Waals surface area contributed by atoms with Crippen LogP contribution in [0.25, 0.3) is 0 Å². The van der Waals surface area contributed by atoms with Crippen LogP contribution in [-0.4, -0.2) is 42.0 Å². The zero-order valence-electron chi connectivity index (χ0n) is 12.0. The number of carbonyl (C=O) groups is 2. The lowest BCUT2D eigenvalue weighted by atomic mass is 10.1. The lowest BCUT2D eigenvalue weighted by Gasteiger charge is -2.18. The number of hydrogen-bond acceptors (Lipinski definition) is 4. The Labute approximate surface area is 118 Å². The van der Waals surface area contributed by atoms with Crippen LogP contribution in [0.3, 0.4) is 0 Å². The summed E-state index contributed by atoms with van der Waals surface area (Å²) in [6.45, 7) is 4.49. The number of rotatable bonds is 5. The van der Waals surface area contributed by atoms with Crippen LogP contribution in [0, 0.1) is 5.92 Å². The first-order valence-corrected chi connectivity index (χ1v) is 6.42. The van der Waals surface area contributed by atoms with Gasteiger partial charge in [-0.25, -0.2) is 0 Å². The van der Waals surface area contributed by atoms with Gasteiger partial charge in [-0.2, -0.15) is 0 Å². The van der Waals surface area contributed by atoms with Gasteiger partial charge in [-0.15, -0.1) is 0 Å². The van der Waals surface area contributed by atoms with Crippen LogP contribution in [0.1, 0.15) is 24.2 Å². The average molecular weight is 279 g/mol. The molecule has 0 heterocycles. The third-order valence-electron chi connectivity index (χ3n) is 2.70. The summed E-state index contributed by atoms with van der Waals surface area (Å²) in [5, 5.41) is 12.1. The molecule has 20 heavy (non-hydrogen) atoms. The van der Waals surface area contributed by atoms with Crippen LogP contribution in [0.4, 0.5) is 5.69 Å². The molecule has 0 fully saturated rings. The number of carbonyl (C=O) groups excluding carboxylic acids is 2. The zero-order valence-corrected chi connectivity index (χ0v) is 12.0. The number of phenols is 1. The summed E-state index contributed by atoms with van der Waals surface area (Å²) in [6, 6.07) is 4.15. The number of hydrogen-bond donors (Lipinski definition) is 3. The Balaban J connectivity index is 2.67. The second-order valence-electron chi connectivity index (χ2n) is 5.13. The summed E-state index contributed by atoms with van der Waals surface area (Å²) in [7, 11) is 1.51. The van der Waals surface area contributed by atoms with E-state index in [4.69, 9.17) is 5.73 Å². The molecule has 4 N–H and O–H groups in total. The van der Waals surface area contributed by atoms with Crippen LogP contribution in [0.5, 0.6) is 5.75 Å². The monoisotopic (exact) mass is 279 g/mol. The van der Waals surface area contributed by atoms with E-state index in [1.807, 2.05) is 13.8 Å². The lowest BCUT2D eigenvalue weighted by molar-refractivity contribution is -0.121. The number of likely N-dealkylation sites (N-methyl/N-ethyl adjacent to an activating group) is 1. The van der Waals surface area contributed by atoms with Crippen LogP contribution >= 0.6 is 0 Å². The van der Waals surface area contributed by atoms with Gasteiger partial charge in [0.05, 0.1) is 12.1 Å². The molecule has 0 bridgehead atoms. The molecule has 1 aromatic rings. The molecule has 0 atom stereocenters. The van der Waals surface area contributed by atoms with Gasteiger partial charge in [0.15, 0.2) is 0 Å². The lowest BCUT2D eigenvalue weighted by Crippen LogP contribution is -2.39. The Morgan fingerprint density at radius 3 is 2.65 bits per heavy atom. The highest BCUT2D eigenvalue weighted by molar-refractivity contribution is 6.00. The maximum Gasteiger partial charge on any atom is 0.256 e. The summed E-state index contributed by atoms with van der Waals surface area (Å²) >= 11 is 0. The van der Waals surface area contributed by atoms with Crippen molar-refractivity contribution in [1.29, 1.82) is 0 Å². The molecule has 0 aliphatic rings. The van der Waals surface area contributed by atoms with Crippen LogP contribution in [0.15, 0.2) is 18.2 Å². The number of benzene rings is 1. The molecule has 0 aliphatic carbocycles. The maximum atomic E-state index is 12.1. The maximum absolute atomic E-state index is 12.1. The number of aromatic hydroxyl groups is 1. The predicted molar refractivity (Wildman–Crippen MR) is 77.3 cm³/mol. The fourth-order valence-electron chi connectivity index (χ4n) is 1.60. The fourth-order valence-corrected chi connectivity index (χ4v) is 1.60. The molecule has 2 amide bonds. The minimum Gasteiger partial charge on any atom is -0.508 e. The molecule has 0 aliphatic heterocycles. The molecule has 1 aromatic carbocycles.